The van der Waals surface area contributed by atoms with E-state index >= 15 is 0 Å². The van der Waals surface area contributed by atoms with E-state index in [0.29, 0.717) is 10.5 Å². The first kappa shape index (κ1) is 19.7. The van der Waals surface area contributed by atoms with E-state index in [-0.39, 0.29) is 6.10 Å². The van der Waals surface area contributed by atoms with Crippen LogP contribution in [-0.4, -0.2) is 33.2 Å². The van der Waals surface area contributed by atoms with Crippen LogP contribution in [0.4, 0.5) is 0 Å². The molecule has 0 aliphatic carbocycles. The maximum absolute atomic E-state index is 10.3. The molecular formula is C18H36OS2. The summed E-state index contributed by atoms with van der Waals surface area (Å²) in [6.45, 7) is 4.56. The molecule has 0 amide bonds. The Balaban J connectivity index is 1.89. The van der Waals surface area contributed by atoms with Gasteiger partial charge in [-0.15, -0.1) is 0 Å². The minimum absolute atomic E-state index is 0.0770. The Kier molecular flexibility index (Phi) is 12.3. The van der Waals surface area contributed by atoms with E-state index in [0.717, 1.165) is 6.42 Å². The van der Waals surface area contributed by atoms with Crippen LogP contribution in [0.3, 0.4) is 0 Å². The number of unbranched alkanes of at least 4 members (excludes halogenated alkanes) is 9. The number of hydrogen-bond acceptors (Lipinski definition) is 3. The van der Waals surface area contributed by atoms with Gasteiger partial charge in [0.2, 0.25) is 0 Å². The Morgan fingerprint density at radius 1 is 0.857 bits per heavy atom. The summed E-state index contributed by atoms with van der Waals surface area (Å²) in [5.41, 5.74) is 0. The second kappa shape index (κ2) is 13.1. The highest BCUT2D eigenvalue weighted by atomic mass is 32.2. The quantitative estimate of drug-likeness (QED) is 0.450. The number of rotatable bonds is 12. The van der Waals surface area contributed by atoms with E-state index in [1.165, 1.54) is 75.7 Å². The Labute approximate surface area is 141 Å². The fourth-order valence-corrected chi connectivity index (χ4v) is 5.96. The zero-order chi connectivity index (χ0) is 15.3. The molecule has 0 aromatic heterocycles. The fraction of sp³-hybridized carbons (Fsp3) is 1.00. The van der Waals surface area contributed by atoms with Crippen molar-refractivity contribution in [2.45, 2.75) is 101 Å². The van der Waals surface area contributed by atoms with Gasteiger partial charge in [0.05, 0.1) is 6.10 Å². The minimum Gasteiger partial charge on any atom is -0.392 e. The molecule has 0 aromatic carbocycles. The van der Waals surface area contributed by atoms with Crippen molar-refractivity contribution in [2.75, 3.05) is 11.5 Å². The van der Waals surface area contributed by atoms with Crippen LogP contribution in [-0.2, 0) is 0 Å². The van der Waals surface area contributed by atoms with Crippen molar-refractivity contribution in [3.05, 3.63) is 0 Å². The van der Waals surface area contributed by atoms with Crippen molar-refractivity contribution >= 4 is 23.5 Å². The minimum atomic E-state index is -0.0770. The Bertz CT molecular complexity index is 235. The molecule has 21 heavy (non-hydrogen) atoms. The van der Waals surface area contributed by atoms with E-state index in [9.17, 15) is 5.11 Å². The molecule has 1 fully saturated rings. The van der Waals surface area contributed by atoms with Crippen LogP contribution < -0.4 is 0 Å². The van der Waals surface area contributed by atoms with Crippen LogP contribution in [0.25, 0.3) is 0 Å². The van der Waals surface area contributed by atoms with Gasteiger partial charge in [0.1, 0.15) is 0 Å². The van der Waals surface area contributed by atoms with Gasteiger partial charge in [-0.25, -0.2) is 0 Å². The van der Waals surface area contributed by atoms with Crippen LogP contribution >= 0.6 is 23.5 Å². The molecule has 1 N–H and O–H groups in total. The van der Waals surface area contributed by atoms with E-state index in [1.807, 2.05) is 23.5 Å². The molecule has 1 rings (SSSR count). The molecule has 3 atom stereocenters. The van der Waals surface area contributed by atoms with Crippen molar-refractivity contribution in [2.24, 2.45) is 0 Å². The van der Waals surface area contributed by atoms with Gasteiger partial charge in [-0.05, 0) is 6.42 Å². The first-order chi connectivity index (χ1) is 10.3. The molecule has 0 radical (unpaired) electrons. The van der Waals surface area contributed by atoms with Crippen molar-refractivity contribution in [3.63, 3.8) is 0 Å². The summed E-state index contributed by atoms with van der Waals surface area (Å²) >= 11 is 4.02. The van der Waals surface area contributed by atoms with Gasteiger partial charge >= 0.3 is 0 Å². The Morgan fingerprint density at radius 2 is 1.38 bits per heavy atom. The molecule has 1 heterocycles. The lowest BCUT2D eigenvalue weighted by Gasteiger charge is -2.31. The molecule has 1 saturated heterocycles. The second-order valence-electron chi connectivity index (χ2n) is 6.45. The Morgan fingerprint density at radius 3 is 1.95 bits per heavy atom. The summed E-state index contributed by atoms with van der Waals surface area (Å²) in [6.07, 6.45) is 14.7. The number of aliphatic hydroxyl groups excluding tert-OH is 1. The van der Waals surface area contributed by atoms with E-state index in [2.05, 4.69) is 13.8 Å². The maximum Gasteiger partial charge on any atom is 0.0669 e. The molecule has 1 aliphatic rings. The molecule has 3 heteroatoms. The third kappa shape index (κ3) is 9.40. The van der Waals surface area contributed by atoms with Crippen LogP contribution in [0.5, 0.6) is 0 Å². The number of hydrogen-bond donors (Lipinski definition) is 1. The third-order valence-corrected chi connectivity index (χ3v) is 7.71. The van der Waals surface area contributed by atoms with Crippen LogP contribution in [0.15, 0.2) is 0 Å². The Hall–Kier alpha value is 0.660. The van der Waals surface area contributed by atoms with Gasteiger partial charge in [-0.1, -0.05) is 78.1 Å². The largest absolute Gasteiger partial charge is 0.392 e. The van der Waals surface area contributed by atoms with E-state index in [4.69, 9.17) is 0 Å². The second-order valence-corrected chi connectivity index (χ2v) is 9.22. The van der Waals surface area contributed by atoms with Crippen LogP contribution in [0, 0.1) is 0 Å². The first-order valence-electron chi connectivity index (χ1n) is 9.17. The van der Waals surface area contributed by atoms with E-state index < -0.39 is 0 Å². The lowest BCUT2D eigenvalue weighted by Crippen LogP contribution is -2.34. The topological polar surface area (TPSA) is 20.2 Å². The lowest BCUT2D eigenvalue weighted by molar-refractivity contribution is 0.157. The smallest absolute Gasteiger partial charge is 0.0669 e. The van der Waals surface area contributed by atoms with Crippen LogP contribution in [0.1, 0.15) is 84.5 Å². The normalized spacial score (nSPS) is 24.1. The monoisotopic (exact) mass is 332 g/mol. The predicted octanol–water partition coefficient (Wildman–Crippen LogP) is 5.90. The molecule has 1 aliphatic heterocycles. The average Bonchev–Trinajstić information content (AvgIpc) is 2.49. The zero-order valence-corrected chi connectivity index (χ0v) is 15.8. The third-order valence-electron chi connectivity index (χ3n) is 4.47. The number of thioether (sulfide) groups is 2. The maximum atomic E-state index is 10.3. The lowest BCUT2D eigenvalue weighted by atomic mass is 10.0. The molecule has 1 nitrogen and oxygen atoms in total. The van der Waals surface area contributed by atoms with Crippen molar-refractivity contribution in [3.8, 4) is 0 Å². The zero-order valence-electron chi connectivity index (χ0n) is 14.2. The highest BCUT2D eigenvalue weighted by Crippen LogP contribution is 2.34. The first-order valence-corrected chi connectivity index (χ1v) is 11.3. The van der Waals surface area contributed by atoms with Gasteiger partial charge in [0.15, 0.2) is 0 Å². The summed E-state index contributed by atoms with van der Waals surface area (Å²) in [6, 6.07) is 0. The highest BCUT2D eigenvalue weighted by molar-refractivity contribution is 8.07. The van der Waals surface area contributed by atoms with Gasteiger partial charge in [-0.2, -0.15) is 23.5 Å². The average molecular weight is 333 g/mol. The molecular weight excluding hydrogens is 296 g/mol. The fourth-order valence-electron chi connectivity index (χ4n) is 3.08. The molecule has 3 unspecified atom stereocenters. The van der Waals surface area contributed by atoms with E-state index in [1.54, 1.807) is 0 Å². The molecule has 0 aromatic rings. The van der Waals surface area contributed by atoms with Crippen LogP contribution in [0.2, 0.25) is 0 Å². The molecule has 0 spiro atoms. The predicted molar refractivity (Wildman–Crippen MR) is 101 cm³/mol. The van der Waals surface area contributed by atoms with Gasteiger partial charge in [0, 0.05) is 22.0 Å². The van der Waals surface area contributed by atoms with Gasteiger partial charge in [-0.3, -0.25) is 0 Å². The molecule has 0 saturated carbocycles. The summed E-state index contributed by atoms with van der Waals surface area (Å²) in [5, 5.41) is 11.4. The van der Waals surface area contributed by atoms with Crippen molar-refractivity contribution in [1.82, 2.24) is 0 Å². The highest BCUT2D eigenvalue weighted by Gasteiger charge is 2.28. The standard InChI is InChI=1S/C18H36OS2/c1-3-4-5-6-7-8-9-10-11-12-13-17(19)18-16(2)20-14-15-21-18/h16-19H,3-15H2,1-2H3. The SMILES string of the molecule is CCCCCCCCCCCCC(O)C1SCCSC1C. The van der Waals surface area contributed by atoms with Gasteiger partial charge in [0.25, 0.3) is 0 Å². The molecule has 0 bridgehead atoms. The summed E-state index contributed by atoms with van der Waals surface area (Å²) in [5.74, 6) is 2.47. The molecule has 126 valence electrons. The number of aliphatic hydroxyl groups is 1. The summed E-state index contributed by atoms with van der Waals surface area (Å²) < 4.78 is 0. The van der Waals surface area contributed by atoms with Gasteiger partial charge < -0.3 is 5.11 Å². The summed E-state index contributed by atoms with van der Waals surface area (Å²) in [4.78, 5) is 0. The van der Waals surface area contributed by atoms with Crippen molar-refractivity contribution < 1.29 is 5.11 Å². The van der Waals surface area contributed by atoms with Crippen molar-refractivity contribution in [1.29, 1.82) is 0 Å². The summed E-state index contributed by atoms with van der Waals surface area (Å²) in [7, 11) is 0.